The first-order valence-electron chi connectivity index (χ1n) is 10.0. The molecule has 1 aromatic carbocycles. The number of rotatable bonds is 4. The normalized spacial score (nSPS) is 25.9. The monoisotopic (exact) mass is 383 g/mol. The molecule has 1 saturated carbocycles. The van der Waals surface area contributed by atoms with Crippen LogP contribution in [-0.2, 0) is 20.9 Å². The van der Waals surface area contributed by atoms with Crippen molar-refractivity contribution < 1.29 is 14.3 Å². The van der Waals surface area contributed by atoms with E-state index in [-0.39, 0.29) is 35.9 Å². The van der Waals surface area contributed by atoms with Gasteiger partial charge in [-0.25, -0.2) is 4.98 Å². The van der Waals surface area contributed by atoms with E-state index in [1.807, 2.05) is 40.7 Å². The molecule has 2 heterocycles. The number of carbonyl (C=O) groups is 2. The number of aromatic nitrogens is 2. The number of ether oxygens (including phenoxy) is 1. The third-order valence-corrected chi connectivity index (χ3v) is 6.22. The molecule has 0 radical (unpaired) electrons. The van der Waals surface area contributed by atoms with Gasteiger partial charge in [-0.05, 0) is 49.1 Å². The smallest absolute Gasteiger partial charge is 0.326 e. The van der Waals surface area contributed by atoms with Gasteiger partial charge in [0.05, 0.1) is 11.0 Å². The van der Waals surface area contributed by atoms with Crippen LogP contribution >= 0.6 is 0 Å². The molecule has 4 rings (SSSR count). The summed E-state index contributed by atoms with van der Waals surface area (Å²) in [6, 6.07) is 7.95. The van der Waals surface area contributed by atoms with Crippen LogP contribution in [0.5, 0.6) is 0 Å². The molecule has 28 heavy (non-hydrogen) atoms. The topological polar surface area (TPSA) is 64.4 Å². The van der Waals surface area contributed by atoms with Crippen molar-refractivity contribution in [3.05, 3.63) is 30.1 Å². The van der Waals surface area contributed by atoms with Crippen molar-refractivity contribution >= 4 is 22.9 Å². The van der Waals surface area contributed by atoms with Crippen LogP contribution in [0, 0.1) is 17.8 Å². The van der Waals surface area contributed by atoms with Gasteiger partial charge in [0.1, 0.15) is 12.4 Å². The van der Waals surface area contributed by atoms with Gasteiger partial charge in [-0.1, -0.05) is 32.9 Å². The van der Waals surface area contributed by atoms with E-state index in [0.29, 0.717) is 0 Å². The average Bonchev–Trinajstić information content (AvgIpc) is 3.05. The predicted octanol–water partition coefficient (Wildman–Crippen LogP) is 3.32. The summed E-state index contributed by atoms with van der Waals surface area (Å²) in [5.74, 6) is 0.272. The Balaban J connectivity index is 1.37. The SMILES string of the molecule is Cc1nc2ccccc2n1CC(=O)OCC(=O)N1CC2(C)CC1CC(C)(C)C2. The van der Waals surface area contributed by atoms with Crippen molar-refractivity contribution in [1.82, 2.24) is 14.5 Å². The van der Waals surface area contributed by atoms with Crippen LogP contribution in [0.3, 0.4) is 0 Å². The number of para-hydroxylation sites is 2. The predicted molar refractivity (Wildman–Crippen MR) is 107 cm³/mol. The van der Waals surface area contributed by atoms with Crippen LogP contribution in [0.4, 0.5) is 0 Å². The summed E-state index contributed by atoms with van der Waals surface area (Å²) >= 11 is 0. The summed E-state index contributed by atoms with van der Waals surface area (Å²) in [4.78, 5) is 31.5. The molecule has 2 atom stereocenters. The van der Waals surface area contributed by atoms with E-state index in [9.17, 15) is 9.59 Å². The van der Waals surface area contributed by atoms with Gasteiger partial charge < -0.3 is 14.2 Å². The van der Waals surface area contributed by atoms with Crippen LogP contribution in [0.15, 0.2) is 24.3 Å². The Morgan fingerprint density at radius 2 is 1.96 bits per heavy atom. The molecule has 1 aliphatic heterocycles. The number of amides is 1. The van der Waals surface area contributed by atoms with Crippen LogP contribution in [0.1, 0.15) is 45.9 Å². The van der Waals surface area contributed by atoms with Crippen molar-refractivity contribution in [1.29, 1.82) is 0 Å². The first-order valence-corrected chi connectivity index (χ1v) is 10.0. The Hall–Kier alpha value is -2.37. The number of esters is 1. The molecule has 1 aromatic heterocycles. The highest BCUT2D eigenvalue weighted by Crippen LogP contribution is 2.52. The van der Waals surface area contributed by atoms with E-state index in [0.717, 1.165) is 42.7 Å². The molecule has 2 aliphatic rings. The maximum absolute atomic E-state index is 12.8. The summed E-state index contributed by atoms with van der Waals surface area (Å²) in [6.45, 7) is 9.35. The second-order valence-corrected chi connectivity index (χ2v) is 9.63. The molecule has 1 saturated heterocycles. The lowest BCUT2D eigenvalue weighted by molar-refractivity contribution is -0.153. The second kappa shape index (κ2) is 6.61. The number of nitrogens with zero attached hydrogens (tertiary/aromatic N) is 3. The molecule has 2 fully saturated rings. The Bertz CT molecular complexity index is 932. The number of benzene rings is 1. The van der Waals surface area contributed by atoms with Crippen LogP contribution < -0.4 is 0 Å². The zero-order chi connectivity index (χ0) is 20.1. The standard InChI is InChI=1S/C22H29N3O3/c1-15-23-17-7-5-6-8-18(17)24(15)11-20(27)28-12-19(26)25-14-22(4)10-16(25)9-21(2,3)13-22/h5-8,16H,9-14H2,1-4H3. The van der Waals surface area contributed by atoms with E-state index >= 15 is 0 Å². The zero-order valence-electron chi connectivity index (χ0n) is 17.2. The van der Waals surface area contributed by atoms with E-state index < -0.39 is 5.97 Å². The molecular formula is C22H29N3O3. The van der Waals surface area contributed by atoms with Gasteiger partial charge >= 0.3 is 5.97 Å². The molecule has 1 amide bonds. The van der Waals surface area contributed by atoms with Gasteiger partial charge in [-0.2, -0.15) is 0 Å². The van der Waals surface area contributed by atoms with Crippen molar-refractivity contribution in [2.45, 2.75) is 59.5 Å². The van der Waals surface area contributed by atoms with E-state index in [2.05, 4.69) is 25.8 Å². The Morgan fingerprint density at radius 3 is 2.75 bits per heavy atom. The van der Waals surface area contributed by atoms with Crippen LogP contribution in [0.25, 0.3) is 11.0 Å². The highest BCUT2D eigenvalue weighted by atomic mass is 16.5. The number of hydrogen-bond acceptors (Lipinski definition) is 4. The number of hydrogen-bond donors (Lipinski definition) is 0. The maximum atomic E-state index is 12.8. The molecule has 2 bridgehead atoms. The van der Waals surface area contributed by atoms with E-state index in [1.54, 1.807) is 0 Å². The number of aryl methyl sites for hydroxylation is 1. The third kappa shape index (κ3) is 3.52. The Kier molecular flexibility index (Phi) is 4.47. The van der Waals surface area contributed by atoms with E-state index in [1.165, 1.54) is 0 Å². The highest BCUT2D eigenvalue weighted by Gasteiger charge is 2.50. The molecular weight excluding hydrogens is 354 g/mol. The number of carbonyl (C=O) groups excluding carboxylic acids is 2. The lowest BCUT2D eigenvalue weighted by atomic mass is 9.65. The fourth-order valence-corrected chi connectivity index (χ4v) is 5.55. The van der Waals surface area contributed by atoms with Gasteiger partial charge in [0.25, 0.3) is 5.91 Å². The first-order chi connectivity index (χ1) is 13.2. The minimum atomic E-state index is -0.409. The second-order valence-electron chi connectivity index (χ2n) is 9.63. The maximum Gasteiger partial charge on any atom is 0.326 e. The van der Waals surface area contributed by atoms with Gasteiger partial charge in [-0.15, -0.1) is 0 Å². The number of likely N-dealkylation sites (tertiary alicyclic amines) is 1. The van der Waals surface area contributed by atoms with Gasteiger partial charge in [-0.3, -0.25) is 9.59 Å². The highest BCUT2D eigenvalue weighted by molar-refractivity contribution is 5.82. The van der Waals surface area contributed by atoms with E-state index in [4.69, 9.17) is 4.74 Å². The van der Waals surface area contributed by atoms with Gasteiger partial charge in [0, 0.05) is 12.6 Å². The molecule has 0 N–H and O–H groups in total. The summed E-state index contributed by atoms with van der Waals surface area (Å²) in [7, 11) is 0. The Morgan fingerprint density at radius 1 is 1.21 bits per heavy atom. The molecule has 2 unspecified atom stereocenters. The number of imidazole rings is 1. The first kappa shape index (κ1) is 19.0. The summed E-state index contributed by atoms with van der Waals surface area (Å²) in [6.07, 6.45) is 3.20. The van der Waals surface area contributed by atoms with Crippen molar-refractivity contribution in [2.24, 2.45) is 10.8 Å². The summed E-state index contributed by atoms with van der Waals surface area (Å²) < 4.78 is 7.18. The molecule has 150 valence electrons. The fraction of sp³-hybridized carbons (Fsp3) is 0.591. The molecule has 6 heteroatoms. The quantitative estimate of drug-likeness (QED) is 0.760. The molecule has 2 aromatic rings. The summed E-state index contributed by atoms with van der Waals surface area (Å²) in [5, 5.41) is 0. The third-order valence-electron chi connectivity index (χ3n) is 6.22. The van der Waals surface area contributed by atoms with Crippen molar-refractivity contribution in [3.63, 3.8) is 0 Å². The minimum Gasteiger partial charge on any atom is -0.454 e. The molecule has 1 aliphatic carbocycles. The van der Waals surface area contributed by atoms with Gasteiger partial charge in [0.15, 0.2) is 6.61 Å². The minimum absolute atomic E-state index is 0.0633. The zero-order valence-corrected chi connectivity index (χ0v) is 17.2. The molecule has 6 nitrogen and oxygen atoms in total. The van der Waals surface area contributed by atoms with Crippen molar-refractivity contribution in [3.8, 4) is 0 Å². The fourth-order valence-electron chi connectivity index (χ4n) is 5.55. The van der Waals surface area contributed by atoms with Crippen LogP contribution in [-0.4, -0.2) is 45.5 Å². The lowest BCUT2D eigenvalue weighted by Crippen LogP contribution is -2.40. The largest absolute Gasteiger partial charge is 0.454 e. The lowest BCUT2D eigenvalue weighted by Gasteiger charge is -2.39. The van der Waals surface area contributed by atoms with Crippen LogP contribution in [0.2, 0.25) is 0 Å². The number of fused-ring (bicyclic) bond motifs is 3. The van der Waals surface area contributed by atoms with Gasteiger partial charge in [0.2, 0.25) is 0 Å². The average molecular weight is 383 g/mol. The van der Waals surface area contributed by atoms with Crippen molar-refractivity contribution in [2.75, 3.05) is 13.2 Å². The molecule has 0 spiro atoms. The summed E-state index contributed by atoms with van der Waals surface area (Å²) in [5.41, 5.74) is 2.18. The Labute approximate surface area is 165 Å².